The molecule has 104 valence electrons. The van der Waals surface area contributed by atoms with E-state index >= 15 is 0 Å². The number of imidazole rings is 1. The van der Waals surface area contributed by atoms with Crippen LogP contribution in [-0.4, -0.2) is 50.6 Å². The normalized spacial score (nSPS) is 11.2. The Balaban J connectivity index is 1.99. The summed E-state index contributed by atoms with van der Waals surface area (Å²) in [6.07, 6.45) is 1.82. The molecule has 0 saturated heterocycles. The largest absolute Gasteiger partial charge is 0.363 e. The molecule has 3 aromatic rings. The molecule has 8 heteroatoms. The Labute approximate surface area is 115 Å². The second-order valence-corrected chi connectivity index (χ2v) is 4.68. The zero-order chi connectivity index (χ0) is 14.1. The summed E-state index contributed by atoms with van der Waals surface area (Å²) in [4.78, 5) is 14.1. The predicted octanol–water partition coefficient (Wildman–Crippen LogP) is 0.241. The highest BCUT2D eigenvalue weighted by Gasteiger charge is 2.11. The second kappa shape index (κ2) is 4.89. The summed E-state index contributed by atoms with van der Waals surface area (Å²) in [5.41, 5.74) is 7.71. The zero-order valence-corrected chi connectivity index (χ0v) is 11.4. The van der Waals surface area contributed by atoms with Crippen LogP contribution in [0.3, 0.4) is 0 Å². The van der Waals surface area contributed by atoms with Gasteiger partial charge in [0.2, 0.25) is 0 Å². The molecule has 0 spiro atoms. The van der Waals surface area contributed by atoms with Gasteiger partial charge in [-0.05, 0) is 12.1 Å². The summed E-state index contributed by atoms with van der Waals surface area (Å²) in [6.45, 7) is 1.16. The molecule has 0 bridgehead atoms. The zero-order valence-electron chi connectivity index (χ0n) is 11.4. The molecule has 0 aliphatic carbocycles. The lowest BCUT2D eigenvalue weighted by Gasteiger charge is -2.09. The average molecular weight is 272 g/mol. The maximum absolute atomic E-state index is 5.49. The fourth-order valence-electron chi connectivity index (χ4n) is 1.90. The minimum Gasteiger partial charge on any atom is -0.363 e. The van der Waals surface area contributed by atoms with Gasteiger partial charge in [-0.25, -0.2) is 9.97 Å². The van der Waals surface area contributed by atoms with Gasteiger partial charge in [-0.15, -0.1) is 5.10 Å². The van der Waals surface area contributed by atoms with Crippen LogP contribution in [0.2, 0.25) is 0 Å². The maximum atomic E-state index is 5.49. The Morgan fingerprint density at radius 3 is 2.90 bits per heavy atom. The molecule has 20 heavy (non-hydrogen) atoms. The van der Waals surface area contributed by atoms with Crippen molar-refractivity contribution in [2.45, 2.75) is 6.54 Å². The van der Waals surface area contributed by atoms with Crippen LogP contribution < -0.4 is 10.6 Å². The summed E-state index contributed by atoms with van der Waals surface area (Å²) in [5, 5.41) is 8.08. The van der Waals surface area contributed by atoms with Crippen LogP contribution in [0.5, 0.6) is 0 Å². The number of rotatable bonds is 4. The first-order chi connectivity index (χ1) is 9.67. The van der Waals surface area contributed by atoms with Crippen molar-refractivity contribution in [3.05, 3.63) is 18.3 Å². The maximum Gasteiger partial charge on any atom is 0.180 e. The van der Waals surface area contributed by atoms with E-state index < -0.39 is 0 Å². The number of nitrogens with two attached hydrogens (primary N) is 1. The second-order valence-electron chi connectivity index (χ2n) is 4.68. The summed E-state index contributed by atoms with van der Waals surface area (Å²) in [5.74, 6) is 1.52. The summed E-state index contributed by atoms with van der Waals surface area (Å²) in [6, 6.07) is 3.90. The smallest absolute Gasteiger partial charge is 0.180 e. The first-order valence-electron chi connectivity index (χ1n) is 6.32. The van der Waals surface area contributed by atoms with Crippen LogP contribution in [-0.2, 0) is 6.54 Å². The lowest BCUT2D eigenvalue weighted by Crippen LogP contribution is -2.10. The highest BCUT2D eigenvalue weighted by atomic mass is 15.4. The number of hydrogen-bond donors (Lipinski definition) is 2. The molecule has 8 nitrogen and oxygen atoms in total. The molecule has 0 fully saturated rings. The van der Waals surface area contributed by atoms with Crippen molar-refractivity contribution in [1.82, 2.24) is 29.9 Å². The molecule has 0 atom stereocenters. The monoisotopic (exact) mass is 272 g/mol. The third-order valence-corrected chi connectivity index (χ3v) is 2.93. The number of nitrogens with zero attached hydrogens (tertiary/aromatic N) is 6. The van der Waals surface area contributed by atoms with E-state index in [0.717, 1.165) is 11.3 Å². The fraction of sp³-hybridized carbons (Fsp3) is 0.333. The van der Waals surface area contributed by atoms with E-state index in [1.165, 1.54) is 0 Å². The van der Waals surface area contributed by atoms with E-state index in [2.05, 4.69) is 25.3 Å². The Hall–Kier alpha value is -2.48. The quantitative estimate of drug-likeness (QED) is 0.705. The van der Waals surface area contributed by atoms with Gasteiger partial charge >= 0.3 is 0 Å². The Kier molecular flexibility index (Phi) is 3.07. The van der Waals surface area contributed by atoms with Gasteiger partial charge < -0.3 is 15.6 Å². The molecule has 3 aromatic heterocycles. The molecule has 0 aliphatic heterocycles. The van der Waals surface area contributed by atoms with Gasteiger partial charge in [-0.2, -0.15) is 0 Å². The van der Waals surface area contributed by atoms with Crippen molar-refractivity contribution in [3.63, 3.8) is 0 Å². The number of nitrogens with one attached hydrogen (secondary N) is 1. The summed E-state index contributed by atoms with van der Waals surface area (Å²) < 4.78 is 1.70. The molecule has 0 aromatic carbocycles. The number of pyridine rings is 1. The fourth-order valence-corrected chi connectivity index (χ4v) is 1.90. The molecule has 3 rings (SSSR count). The Morgan fingerprint density at radius 2 is 2.15 bits per heavy atom. The minimum atomic E-state index is 0.524. The third kappa shape index (κ3) is 2.21. The lowest BCUT2D eigenvalue weighted by atomic mass is 10.4. The minimum absolute atomic E-state index is 0.524. The van der Waals surface area contributed by atoms with Gasteiger partial charge in [-0.1, -0.05) is 5.21 Å². The van der Waals surface area contributed by atoms with Crippen LogP contribution in [0.1, 0.15) is 0 Å². The van der Waals surface area contributed by atoms with Crippen LogP contribution >= 0.6 is 0 Å². The molecule has 0 amide bonds. The van der Waals surface area contributed by atoms with Crippen LogP contribution in [0, 0.1) is 0 Å². The average Bonchev–Trinajstić information content (AvgIpc) is 3.03. The van der Waals surface area contributed by atoms with E-state index in [-0.39, 0.29) is 0 Å². The molecule has 0 unspecified atom stereocenters. The SMILES string of the molecule is CN(C)c1ccc2[nH]c(-c3cn(CCN)nn3)nc2n1. The highest BCUT2D eigenvalue weighted by molar-refractivity contribution is 5.76. The van der Waals surface area contributed by atoms with Crippen molar-refractivity contribution in [3.8, 4) is 11.5 Å². The van der Waals surface area contributed by atoms with Crippen LogP contribution in [0.4, 0.5) is 5.82 Å². The molecular weight excluding hydrogens is 256 g/mol. The topological polar surface area (TPSA) is 102 Å². The Bertz CT molecular complexity index is 726. The van der Waals surface area contributed by atoms with Crippen molar-refractivity contribution in [2.75, 3.05) is 25.5 Å². The lowest BCUT2D eigenvalue weighted by molar-refractivity contribution is 0.598. The van der Waals surface area contributed by atoms with Crippen LogP contribution in [0.25, 0.3) is 22.7 Å². The number of hydrogen-bond acceptors (Lipinski definition) is 6. The van der Waals surface area contributed by atoms with Crippen molar-refractivity contribution in [2.24, 2.45) is 5.73 Å². The summed E-state index contributed by atoms with van der Waals surface area (Å²) >= 11 is 0. The molecule has 0 radical (unpaired) electrons. The van der Waals surface area contributed by atoms with Gasteiger partial charge in [0.15, 0.2) is 11.5 Å². The van der Waals surface area contributed by atoms with Gasteiger partial charge in [0.25, 0.3) is 0 Å². The van der Waals surface area contributed by atoms with E-state index in [1.54, 1.807) is 4.68 Å². The molecular formula is C12H16N8. The number of aromatic nitrogens is 6. The first-order valence-corrected chi connectivity index (χ1v) is 6.32. The standard InChI is InChI=1S/C12H16N8/c1-19(2)10-4-3-8-11(15-10)16-12(14-8)9-7-20(6-5-13)18-17-9/h3-4,7H,5-6,13H2,1-2H3,(H,14,15,16). The highest BCUT2D eigenvalue weighted by Crippen LogP contribution is 2.19. The predicted molar refractivity (Wildman–Crippen MR) is 76.3 cm³/mol. The number of fused-ring (bicyclic) bond motifs is 1. The summed E-state index contributed by atoms with van der Waals surface area (Å²) in [7, 11) is 3.89. The first kappa shape index (κ1) is 12.5. The number of H-pyrrole nitrogens is 1. The Morgan fingerprint density at radius 1 is 1.30 bits per heavy atom. The van der Waals surface area contributed by atoms with Crippen molar-refractivity contribution in [1.29, 1.82) is 0 Å². The van der Waals surface area contributed by atoms with Crippen molar-refractivity contribution >= 4 is 17.0 Å². The van der Waals surface area contributed by atoms with Gasteiger partial charge in [0.1, 0.15) is 11.5 Å². The molecule has 3 heterocycles. The number of aromatic amines is 1. The van der Waals surface area contributed by atoms with E-state index in [9.17, 15) is 0 Å². The molecule has 0 saturated carbocycles. The van der Waals surface area contributed by atoms with Gasteiger partial charge in [-0.3, -0.25) is 4.68 Å². The molecule has 0 aliphatic rings. The molecule has 3 N–H and O–H groups in total. The third-order valence-electron chi connectivity index (χ3n) is 2.93. The van der Waals surface area contributed by atoms with E-state index in [1.807, 2.05) is 37.3 Å². The van der Waals surface area contributed by atoms with Crippen LogP contribution in [0.15, 0.2) is 18.3 Å². The van der Waals surface area contributed by atoms with E-state index in [0.29, 0.717) is 30.3 Å². The van der Waals surface area contributed by atoms with Gasteiger partial charge in [0, 0.05) is 20.6 Å². The van der Waals surface area contributed by atoms with E-state index in [4.69, 9.17) is 5.73 Å². The van der Waals surface area contributed by atoms with Gasteiger partial charge in [0.05, 0.1) is 18.3 Å². The number of anilines is 1. The van der Waals surface area contributed by atoms with Crippen molar-refractivity contribution < 1.29 is 0 Å².